The fourth-order valence-electron chi connectivity index (χ4n) is 3.92. The van der Waals surface area contributed by atoms with Gasteiger partial charge in [-0.3, -0.25) is 0 Å². The number of amidine groups is 1. The second-order valence-corrected chi connectivity index (χ2v) is 9.12. The minimum absolute atomic E-state index is 0.0614. The zero-order valence-electron chi connectivity index (χ0n) is 17.9. The van der Waals surface area contributed by atoms with E-state index in [0.717, 1.165) is 33.1 Å². The van der Waals surface area contributed by atoms with Crippen LogP contribution in [0.25, 0.3) is 6.08 Å². The first-order chi connectivity index (χ1) is 16.1. The Balaban J connectivity index is 1.62. The number of thioether (sulfide) groups is 1. The number of rotatable bonds is 4. The van der Waals surface area contributed by atoms with Crippen molar-refractivity contribution in [2.45, 2.75) is 12.5 Å². The van der Waals surface area contributed by atoms with E-state index in [1.165, 1.54) is 11.8 Å². The van der Waals surface area contributed by atoms with Crippen molar-refractivity contribution >= 4 is 46.2 Å². The standard InChI is InChI=1S/C26H20ClN3O2S/c1-32-21-13-9-19(10-14-21)23-16-22(18-5-3-2-4-6-18)29-30(23)25-24(33-26(31)28-25)15-17-7-11-20(27)12-8-17/h2-15,23H,16H2,1H3/p+1/b24-15-/t23-/m1/s1. The number of nitrogens with one attached hydrogen (secondary N) is 1. The van der Waals surface area contributed by atoms with Gasteiger partial charge < -0.3 is 4.74 Å². The molecule has 0 spiro atoms. The van der Waals surface area contributed by atoms with Crippen LogP contribution >= 0.6 is 23.4 Å². The van der Waals surface area contributed by atoms with E-state index in [2.05, 4.69) is 17.4 Å². The van der Waals surface area contributed by atoms with Crippen LogP contribution in [0.15, 0.2) is 88.9 Å². The SMILES string of the molecule is COc1ccc([C@H]2CC(c3ccccc3)=N/[N+]2=C2/NC(=O)S/C2=C\c2ccc(Cl)cc2)cc1. The molecule has 5 rings (SSSR count). The number of hydrogen-bond donors (Lipinski definition) is 1. The Labute approximate surface area is 201 Å². The van der Waals surface area contributed by atoms with Gasteiger partial charge in [0.25, 0.3) is 0 Å². The average molecular weight is 475 g/mol. The van der Waals surface area contributed by atoms with Crippen LogP contribution in [-0.2, 0) is 0 Å². The first kappa shape index (κ1) is 21.5. The van der Waals surface area contributed by atoms with E-state index in [9.17, 15) is 4.79 Å². The largest absolute Gasteiger partial charge is 0.497 e. The molecule has 5 nitrogen and oxygen atoms in total. The summed E-state index contributed by atoms with van der Waals surface area (Å²) in [6.07, 6.45) is 2.70. The predicted molar refractivity (Wildman–Crippen MR) is 134 cm³/mol. The van der Waals surface area contributed by atoms with Crippen molar-refractivity contribution in [2.75, 3.05) is 7.11 Å². The molecule has 0 unspecified atom stereocenters. The highest BCUT2D eigenvalue weighted by molar-refractivity contribution is 8.18. The molecular weight excluding hydrogens is 454 g/mol. The number of benzene rings is 3. The van der Waals surface area contributed by atoms with Gasteiger partial charge in [0.05, 0.1) is 12.8 Å². The summed E-state index contributed by atoms with van der Waals surface area (Å²) < 4.78 is 7.26. The number of carbonyl (C=O) groups is 1. The molecule has 7 heteroatoms. The smallest absolute Gasteiger partial charge is 0.372 e. The molecule has 2 aliphatic rings. The molecule has 3 aromatic rings. The van der Waals surface area contributed by atoms with Gasteiger partial charge in [-0.05, 0) is 47.0 Å². The van der Waals surface area contributed by atoms with Crippen molar-refractivity contribution in [1.29, 1.82) is 0 Å². The van der Waals surface area contributed by atoms with Crippen LogP contribution in [0.2, 0.25) is 5.02 Å². The van der Waals surface area contributed by atoms with Crippen LogP contribution in [-0.4, -0.2) is 28.6 Å². The Morgan fingerprint density at radius 1 is 1.06 bits per heavy atom. The lowest BCUT2D eigenvalue weighted by Gasteiger charge is -2.11. The average Bonchev–Trinajstić information content (AvgIpc) is 3.44. The van der Waals surface area contributed by atoms with Gasteiger partial charge in [0, 0.05) is 23.2 Å². The molecule has 2 aliphatic heterocycles. The van der Waals surface area contributed by atoms with Crippen LogP contribution in [0.1, 0.15) is 29.2 Å². The fraction of sp³-hybridized carbons (Fsp3) is 0.115. The van der Waals surface area contributed by atoms with Gasteiger partial charge in [-0.25, -0.2) is 4.79 Å². The van der Waals surface area contributed by atoms with Crippen LogP contribution in [0.5, 0.6) is 5.75 Å². The van der Waals surface area contributed by atoms with Crippen molar-refractivity contribution in [3.8, 4) is 5.75 Å². The van der Waals surface area contributed by atoms with E-state index in [4.69, 9.17) is 21.4 Å². The molecule has 0 saturated carbocycles. The molecule has 1 saturated heterocycles. The lowest BCUT2D eigenvalue weighted by atomic mass is 9.99. The molecule has 1 atom stereocenters. The monoisotopic (exact) mass is 474 g/mol. The number of amides is 1. The molecule has 3 aromatic carbocycles. The van der Waals surface area contributed by atoms with Crippen molar-refractivity contribution in [1.82, 2.24) is 5.32 Å². The summed E-state index contributed by atoms with van der Waals surface area (Å²) in [6, 6.07) is 25.6. The molecule has 0 radical (unpaired) electrons. The first-order valence-corrected chi connectivity index (χ1v) is 11.7. The van der Waals surface area contributed by atoms with Gasteiger partial charge in [0.1, 0.15) is 10.7 Å². The van der Waals surface area contributed by atoms with E-state index in [1.807, 2.05) is 77.5 Å². The number of hydrazone groups is 1. The minimum atomic E-state index is -0.123. The number of nitrogens with zero attached hydrogens (tertiary/aromatic N) is 2. The lowest BCUT2D eigenvalue weighted by molar-refractivity contribution is -0.568. The highest BCUT2D eigenvalue weighted by atomic mass is 35.5. The third-order valence-corrected chi connectivity index (χ3v) is 6.64. The summed E-state index contributed by atoms with van der Waals surface area (Å²) in [6.45, 7) is 0. The van der Waals surface area contributed by atoms with Crippen LogP contribution < -0.4 is 10.1 Å². The summed E-state index contributed by atoms with van der Waals surface area (Å²) in [5.41, 5.74) is 4.10. The van der Waals surface area contributed by atoms with Gasteiger partial charge >= 0.3 is 11.1 Å². The third kappa shape index (κ3) is 4.58. The Kier molecular flexibility index (Phi) is 6.03. The van der Waals surface area contributed by atoms with Gasteiger partial charge in [-0.2, -0.15) is 5.32 Å². The van der Waals surface area contributed by atoms with E-state index in [0.29, 0.717) is 17.3 Å². The Morgan fingerprint density at radius 2 is 1.79 bits per heavy atom. The van der Waals surface area contributed by atoms with Gasteiger partial charge in [0.2, 0.25) is 0 Å². The molecule has 0 aromatic heterocycles. The van der Waals surface area contributed by atoms with Crippen LogP contribution in [0.3, 0.4) is 0 Å². The Hall–Kier alpha value is -3.35. The van der Waals surface area contributed by atoms with E-state index in [1.54, 1.807) is 7.11 Å². The van der Waals surface area contributed by atoms with Crippen LogP contribution in [0.4, 0.5) is 4.79 Å². The second kappa shape index (κ2) is 9.25. The molecule has 1 N–H and O–H groups in total. The lowest BCUT2D eigenvalue weighted by Crippen LogP contribution is -2.29. The van der Waals surface area contributed by atoms with Crippen molar-refractivity contribution in [2.24, 2.45) is 5.10 Å². The molecule has 164 valence electrons. The molecular formula is C26H21ClN3O2S+. The van der Waals surface area contributed by atoms with E-state index in [-0.39, 0.29) is 11.3 Å². The first-order valence-electron chi connectivity index (χ1n) is 10.5. The molecule has 33 heavy (non-hydrogen) atoms. The maximum atomic E-state index is 12.4. The summed E-state index contributed by atoms with van der Waals surface area (Å²) in [5, 5.41) is 8.53. The predicted octanol–water partition coefficient (Wildman–Crippen LogP) is 6.11. The summed E-state index contributed by atoms with van der Waals surface area (Å²) in [4.78, 5) is 13.2. The number of halogens is 1. The highest BCUT2D eigenvalue weighted by Gasteiger charge is 2.40. The van der Waals surface area contributed by atoms with Crippen molar-refractivity contribution < 1.29 is 14.2 Å². The molecule has 2 heterocycles. The van der Waals surface area contributed by atoms with E-state index >= 15 is 0 Å². The topological polar surface area (TPSA) is 53.7 Å². The summed E-state index contributed by atoms with van der Waals surface area (Å²) >= 11 is 7.20. The maximum absolute atomic E-state index is 12.4. The van der Waals surface area contributed by atoms with Gasteiger partial charge in [-0.1, -0.05) is 71.3 Å². The van der Waals surface area contributed by atoms with E-state index < -0.39 is 0 Å². The quantitative estimate of drug-likeness (QED) is 0.464. The number of hydrogen-bond acceptors (Lipinski definition) is 4. The number of ether oxygens (including phenoxy) is 1. The van der Waals surface area contributed by atoms with Gasteiger partial charge in [0.15, 0.2) is 6.04 Å². The Morgan fingerprint density at radius 3 is 2.48 bits per heavy atom. The zero-order valence-corrected chi connectivity index (χ0v) is 19.4. The highest BCUT2D eigenvalue weighted by Crippen LogP contribution is 2.34. The molecule has 1 fully saturated rings. The normalized spacial score (nSPS) is 21.3. The maximum Gasteiger partial charge on any atom is 0.372 e. The third-order valence-electron chi connectivity index (χ3n) is 5.57. The van der Waals surface area contributed by atoms with Crippen molar-refractivity contribution in [3.05, 3.63) is 105 Å². The number of methoxy groups -OCH3 is 1. The Bertz CT molecular complexity index is 1280. The zero-order chi connectivity index (χ0) is 22.8. The van der Waals surface area contributed by atoms with Crippen LogP contribution in [0, 0.1) is 0 Å². The second-order valence-electron chi connectivity index (χ2n) is 7.67. The number of carbonyl (C=O) groups excluding carboxylic acids is 1. The minimum Gasteiger partial charge on any atom is -0.497 e. The van der Waals surface area contributed by atoms with Gasteiger partial charge in [-0.15, -0.1) is 4.68 Å². The summed E-state index contributed by atoms with van der Waals surface area (Å²) in [7, 11) is 1.66. The molecule has 0 bridgehead atoms. The fourth-order valence-corrected chi connectivity index (χ4v) is 4.83. The molecule has 1 amide bonds. The van der Waals surface area contributed by atoms with Crippen molar-refractivity contribution in [3.63, 3.8) is 0 Å². The molecule has 0 aliphatic carbocycles. The summed E-state index contributed by atoms with van der Waals surface area (Å²) in [5.74, 6) is 1.49.